The SMILES string of the molecule is CCOC(=O)C(C)OS(=O)c1ccc(C)cc1. The Balaban J connectivity index is 2.60. The highest BCUT2D eigenvalue weighted by Crippen LogP contribution is 2.11. The Hall–Kier alpha value is -1.20. The number of aryl methyl sites for hydroxylation is 1. The van der Waals surface area contributed by atoms with Gasteiger partial charge >= 0.3 is 5.97 Å². The van der Waals surface area contributed by atoms with Crippen molar-refractivity contribution in [3.8, 4) is 0 Å². The van der Waals surface area contributed by atoms with Crippen molar-refractivity contribution in [1.82, 2.24) is 0 Å². The van der Waals surface area contributed by atoms with Gasteiger partial charge in [0.05, 0.1) is 11.5 Å². The average molecular weight is 256 g/mol. The summed E-state index contributed by atoms with van der Waals surface area (Å²) in [4.78, 5) is 11.8. The zero-order valence-corrected chi connectivity index (χ0v) is 11.0. The van der Waals surface area contributed by atoms with Crippen LogP contribution in [0.2, 0.25) is 0 Å². The van der Waals surface area contributed by atoms with Gasteiger partial charge in [-0.05, 0) is 32.9 Å². The minimum Gasteiger partial charge on any atom is -0.464 e. The molecule has 2 atom stereocenters. The Morgan fingerprint density at radius 2 is 1.94 bits per heavy atom. The topological polar surface area (TPSA) is 52.6 Å². The third kappa shape index (κ3) is 4.28. The summed E-state index contributed by atoms with van der Waals surface area (Å²) in [6.45, 7) is 5.45. The molecule has 0 radical (unpaired) electrons. The van der Waals surface area contributed by atoms with Crippen LogP contribution in [0, 0.1) is 6.92 Å². The fourth-order valence-corrected chi connectivity index (χ4v) is 1.95. The largest absolute Gasteiger partial charge is 0.464 e. The Morgan fingerprint density at radius 3 is 2.47 bits per heavy atom. The molecule has 0 aliphatic rings. The number of hydrogen-bond donors (Lipinski definition) is 0. The number of ether oxygens (including phenoxy) is 1. The standard InChI is InChI=1S/C12H16O4S/c1-4-15-12(13)10(3)16-17(14)11-7-5-9(2)6-8-11/h5-8,10H,4H2,1-3H3. The van der Waals surface area contributed by atoms with E-state index < -0.39 is 23.2 Å². The fourth-order valence-electron chi connectivity index (χ4n) is 1.13. The summed E-state index contributed by atoms with van der Waals surface area (Å²) < 4.78 is 21.6. The van der Waals surface area contributed by atoms with Crippen LogP contribution in [0.5, 0.6) is 0 Å². The van der Waals surface area contributed by atoms with Gasteiger partial charge in [0.2, 0.25) is 0 Å². The van der Waals surface area contributed by atoms with E-state index in [0.717, 1.165) is 5.56 Å². The molecule has 0 bridgehead atoms. The van der Waals surface area contributed by atoms with Crippen molar-refractivity contribution in [2.75, 3.05) is 6.61 Å². The molecule has 4 nitrogen and oxygen atoms in total. The highest BCUT2D eigenvalue weighted by molar-refractivity contribution is 7.80. The van der Waals surface area contributed by atoms with Crippen LogP contribution in [0.15, 0.2) is 29.2 Å². The van der Waals surface area contributed by atoms with E-state index in [0.29, 0.717) is 4.90 Å². The minimum atomic E-state index is -1.65. The third-order valence-electron chi connectivity index (χ3n) is 2.06. The monoisotopic (exact) mass is 256 g/mol. The van der Waals surface area contributed by atoms with Crippen molar-refractivity contribution in [2.45, 2.75) is 31.8 Å². The normalized spacial score (nSPS) is 14.1. The number of rotatable bonds is 5. The zero-order chi connectivity index (χ0) is 12.8. The summed E-state index contributed by atoms with van der Waals surface area (Å²) in [6, 6.07) is 7.10. The first-order valence-corrected chi connectivity index (χ1v) is 6.44. The summed E-state index contributed by atoms with van der Waals surface area (Å²) >= 11 is -1.65. The summed E-state index contributed by atoms with van der Waals surface area (Å²) in [7, 11) is 0. The summed E-state index contributed by atoms with van der Waals surface area (Å²) in [5.41, 5.74) is 1.07. The Morgan fingerprint density at radius 1 is 1.35 bits per heavy atom. The molecule has 1 rings (SSSR count). The second-order valence-corrected chi connectivity index (χ2v) is 4.67. The van der Waals surface area contributed by atoms with Crippen molar-refractivity contribution in [3.63, 3.8) is 0 Å². The van der Waals surface area contributed by atoms with Crippen molar-refractivity contribution in [1.29, 1.82) is 0 Å². The van der Waals surface area contributed by atoms with Gasteiger partial charge in [-0.25, -0.2) is 9.00 Å². The lowest BCUT2D eigenvalue weighted by atomic mass is 10.2. The molecule has 0 aromatic heterocycles. The van der Waals surface area contributed by atoms with Crippen LogP contribution < -0.4 is 0 Å². The predicted octanol–water partition coefficient (Wildman–Crippen LogP) is 1.99. The molecule has 0 amide bonds. The number of benzene rings is 1. The maximum Gasteiger partial charge on any atom is 0.336 e. The lowest BCUT2D eigenvalue weighted by molar-refractivity contribution is -0.150. The van der Waals surface area contributed by atoms with E-state index in [1.54, 1.807) is 19.1 Å². The van der Waals surface area contributed by atoms with Crippen LogP contribution in [0.25, 0.3) is 0 Å². The van der Waals surface area contributed by atoms with Crippen LogP contribution in [-0.2, 0) is 24.8 Å². The molecule has 94 valence electrons. The molecule has 0 saturated heterocycles. The maximum atomic E-state index is 11.8. The number of esters is 1. The van der Waals surface area contributed by atoms with Gasteiger partial charge in [0.1, 0.15) is 0 Å². The molecule has 0 N–H and O–H groups in total. The molecular formula is C12H16O4S. The molecule has 5 heteroatoms. The molecule has 0 fully saturated rings. The fraction of sp³-hybridized carbons (Fsp3) is 0.417. The highest BCUT2D eigenvalue weighted by atomic mass is 32.2. The van der Waals surface area contributed by atoms with Gasteiger partial charge in [0, 0.05) is 0 Å². The lowest BCUT2D eigenvalue weighted by Crippen LogP contribution is -2.24. The van der Waals surface area contributed by atoms with E-state index in [1.807, 2.05) is 19.1 Å². The van der Waals surface area contributed by atoms with Crippen LogP contribution in [0.3, 0.4) is 0 Å². The van der Waals surface area contributed by atoms with E-state index in [2.05, 4.69) is 0 Å². The molecule has 0 aliphatic heterocycles. The molecule has 1 aromatic rings. The third-order valence-corrected chi connectivity index (χ3v) is 3.18. The molecule has 0 aliphatic carbocycles. The first-order chi connectivity index (χ1) is 8.04. The predicted molar refractivity (Wildman–Crippen MR) is 64.8 cm³/mol. The molecule has 1 aromatic carbocycles. The minimum absolute atomic E-state index is 0.281. The molecule has 0 heterocycles. The van der Waals surface area contributed by atoms with Crippen molar-refractivity contribution in [3.05, 3.63) is 29.8 Å². The van der Waals surface area contributed by atoms with Crippen LogP contribution in [0.1, 0.15) is 19.4 Å². The van der Waals surface area contributed by atoms with Gasteiger partial charge in [-0.3, -0.25) is 4.18 Å². The van der Waals surface area contributed by atoms with E-state index in [1.165, 1.54) is 6.92 Å². The van der Waals surface area contributed by atoms with E-state index in [-0.39, 0.29) is 6.61 Å². The summed E-state index contributed by atoms with van der Waals surface area (Å²) in [5.74, 6) is -0.507. The molecular weight excluding hydrogens is 240 g/mol. The molecule has 2 unspecified atom stereocenters. The van der Waals surface area contributed by atoms with Crippen LogP contribution in [-0.4, -0.2) is 22.9 Å². The number of carbonyl (C=O) groups excluding carboxylic acids is 1. The average Bonchev–Trinajstić information content (AvgIpc) is 2.30. The highest BCUT2D eigenvalue weighted by Gasteiger charge is 2.18. The van der Waals surface area contributed by atoms with Crippen LogP contribution in [0.4, 0.5) is 0 Å². The van der Waals surface area contributed by atoms with Gasteiger partial charge in [0.25, 0.3) is 0 Å². The second kappa shape index (κ2) is 6.51. The smallest absolute Gasteiger partial charge is 0.336 e. The lowest BCUT2D eigenvalue weighted by Gasteiger charge is -2.10. The van der Waals surface area contributed by atoms with Gasteiger partial charge in [-0.1, -0.05) is 17.7 Å². The van der Waals surface area contributed by atoms with Crippen LogP contribution >= 0.6 is 0 Å². The molecule has 0 saturated carbocycles. The Kier molecular flexibility index (Phi) is 5.31. The summed E-state index contributed by atoms with van der Waals surface area (Å²) in [5, 5.41) is 0. The van der Waals surface area contributed by atoms with Crippen molar-refractivity contribution in [2.24, 2.45) is 0 Å². The molecule has 17 heavy (non-hydrogen) atoms. The molecule has 0 spiro atoms. The van der Waals surface area contributed by atoms with Crippen molar-refractivity contribution >= 4 is 17.0 Å². The van der Waals surface area contributed by atoms with Gasteiger partial charge in [-0.2, -0.15) is 0 Å². The van der Waals surface area contributed by atoms with E-state index >= 15 is 0 Å². The van der Waals surface area contributed by atoms with Gasteiger partial charge in [-0.15, -0.1) is 0 Å². The van der Waals surface area contributed by atoms with Crippen molar-refractivity contribution < 1.29 is 17.9 Å². The second-order valence-electron chi connectivity index (χ2n) is 3.54. The summed E-state index contributed by atoms with van der Waals surface area (Å²) in [6.07, 6.45) is -0.836. The quantitative estimate of drug-likeness (QED) is 0.756. The van der Waals surface area contributed by atoms with Gasteiger partial charge in [0.15, 0.2) is 17.2 Å². The maximum absolute atomic E-state index is 11.8. The first kappa shape index (κ1) is 13.9. The number of carbonyl (C=O) groups is 1. The number of hydrogen-bond acceptors (Lipinski definition) is 4. The Labute approximate surface area is 104 Å². The van der Waals surface area contributed by atoms with E-state index in [9.17, 15) is 9.00 Å². The zero-order valence-electron chi connectivity index (χ0n) is 10.1. The van der Waals surface area contributed by atoms with E-state index in [4.69, 9.17) is 8.92 Å². The Bertz CT molecular complexity index is 399. The first-order valence-electron chi connectivity index (χ1n) is 5.36. The van der Waals surface area contributed by atoms with Gasteiger partial charge < -0.3 is 4.74 Å².